The predicted molar refractivity (Wildman–Crippen MR) is 54.6 cm³/mol. The van der Waals surface area contributed by atoms with Gasteiger partial charge in [0.05, 0.1) is 6.61 Å². The van der Waals surface area contributed by atoms with Crippen LogP contribution < -0.4 is 0 Å². The summed E-state index contributed by atoms with van der Waals surface area (Å²) >= 11 is 0. The first-order valence-electron chi connectivity index (χ1n) is 5.15. The molecule has 0 spiro atoms. The fourth-order valence-corrected chi connectivity index (χ4v) is 1.44. The molecule has 1 atom stereocenters. The quantitative estimate of drug-likeness (QED) is 0.615. The van der Waals surface area contributed by atoms with E-state index < -0.39 is 0 Å². The summed E-state index contributed by atoms with van der Waals surface area (Å²) in [6.07, 6.45) is 0.951. The Bertz CT molecular complexity index is 117. The summed E-state index contributed by atoms with van der Waals surface area (Å²) in [5, 5.41) is 9.14. The summed E-state index contributed by atoms with van der Waals surface area (Å²) in [6.45, 7) is 10.0. The third-order valence-electron chi connectivity index (χ3n) is 2.03. The second-order valence-electron chi connectivity index (χ2n) is 3.42. The third-order valence-corrected chi connectivity index (χ3v) is 2.03. The van der Waals surface area contributed by atoms with E-state index in [1.54, 1.807) is 0 Å². The van der Waals surface area contributed by atoms with Gasteiger partial charge in [0.15, 0.2) is 0 Å². The molecule has 0 aromatic rings. The molecule has 3 heteroatoms. The summed E-state index contributed by atoms with van der Waals surface area (Å²) < 4.78 is 5.44. The van der Waals surface area contributed by atoms with E-state index in [4.69, 9.17) is 9.84 Å². The van der Waals surface area contributed by atoms with E-state index >= 15 is 0 Å². The maximum absolute atomic E-state index is 9.14. The third kappa shape index (κ3) is 4.60. The fraction of sp³-hybridized carbons (Fsp3) is 1.00. The van der Waals surface area contributed by atoms with Crippen molar-refractivity contribution >= 4 is 0 Å². The molecule has 0 aromatic heterocycles. The van der Waals surface area contributed by atoms with Crippen molar-refractivity contribution < 1.29 is 9.84 Å². The average molecular weight is 189 g/mol. The molecule has 0 aliphatic carbocycles. The van der Waals surface area contributed by atoms with Crippen LogP contribution in [0.3, 0.4) is 0 Å². The number of rotatable bonds is 7. The lowest BCUT2D eigenvalue weighted by atomic mass is 10.3. The van der Waals surface area contributed by atoms with Gasteiger partial charge in [-0.25, -0.2) is 0 Å². The highest BCUT2D eigenvalue weighted by Crippen LogP contribution is 2.07. The van der Waals surface area contributed by atoms with Gasteiger partial charge in [-0.15, -0.1) is 0 Å². The molecule has 0 aromatic carbocycles. The highest BCUT2D eigenvalue weighted by molar-refractivity contribution is 4.66. The zero-order valence-corrected chi connectivity index (χ0v) is 9.29. The number of ether oxygens (including phenoxy) is 1. The Morgan fingerprint density at radius 2 is 1.92 bits per heavy atom. The van der Waals surface area contributed by atoms with Crippen molar-refractivity contribution in [3.63, 3.8) is 0 Å². The van der Waals surface area contributed by atoms with Gasteiger partial charge in [0.2, 0.25) is 0 Å². The molecule has 0 saturated heterocycles. The summed E-state index contributed by atoms with van der Waals surface area (Å²) in [7, 11) is 0. The van der Waals surface area contributed by atoms with Crippen molar-refractivity contribution in [2.45, 2.75) is 46.4 Å². The molecule has 13 heavy (non-hydrogen) atoms. The number of nitrogens with zero attached hydrogens (tertiary/aromatic N) is 1. The van der Waals surface area contributed by atoms with Crippen LogP contribution in [-0.4, -0.2) is 42.0 Å². The van der Waals surface area contributed by atoms with Gasteiger partial charge in [-0.2, -0.15) is 0 Å². The Morgan fingerprint density at radius 1 is 1.31 bits per heavy atom. The van der Waals surface area contributed by atoms with Crippen molar-refractivity contribution in [2.75, 3.05) is 19.8 Å². The number of hydrogen-bond acceptors (Lipinski definition) is 3. The molecular formula is C10H23NO2. The van der Waals surface area contributed by atoms with Crippen molar-refractivity contribution in [3.8, 4) is 0 Å². The first kappa shape index (κ1) is 12.9. The summed E-state index contributed by atoms with van der Waals surface area (Å²) in [5.74, 6) is 0. The van der Waals surface area contributed by atoms with E-state index in [1.807, 2.05) is 6.92 Å². The van der Waals surface area contributed by atoms with Gasteiger partial charge in [0, 0.05) is 19.2 Å². The van der Waals surface area contributed by atoms with Crippen LogP contribution in [0.15, 0.2) is 0 Å². The van der Waals surface area contributed by atoms with Crippen LogP contribution in [0, 0.1) is 0 Å². The SMILES string of the molecule is CCCN(C(C)C)C(CO)OCC. The van der Waals surface area contributed by atoms with Gasteiger partial charge in [0.1, 0.15) is 6.23 Å². The Labute approximate surface area is 81.7 Å². The molecule has 80 valence electrons. The van der Waals surface area contributed by atoms with Gasteiger partial charge in [-0.1, -0.05) is 6.92 Å². The minimum atomic E-state index is -0.134. The first-order chi connectivity index (χ1) is 6.17. The Kier molecular flexibility index (Phi) is 7.23. The minimum absolute atomic E-state index is 0.0754. The Balaban J connectivity index is 4.11. The highest BCUT2D eigenvalue weighted by Gasteiger charge is 2.19. The predicted octanol–water partition coefficient (Wildman–Crippen LogP) is 1.46. The molecule has 0 fully saturated rings. The zero-order valence-electron chi connectivity index (χ0n) is 9.29. The van der Waals surface area contributed by atoms with Crippen molar-refractivity contribution in [1.29, 1.82) is 0 Å². The van der Waals surface area contributed by atoms with Crippen LogP contribution in [0.4, 0.5) is 0 Å². The Hall–Kier alpha value is -0.120. The molecule has 1 unspecified atom stereocenters. The van der Waals surface area contributed by atoms with Gasteiger partial charge in [0.25, 0.3) is 0 Å². The standard InChI is InChI=1S/C10H23NO2/c1-5-7-11(9(3)4)10(8-12)13-6-2/h9-10,12H,5-8H2,1-4H3. The van der Waals surface area contributed by atoms with Crippen molar-refractivity contribution in [1.82, 2.24) is 4.90 Å². The zero-order chi connectivity index (χ0) is 10.3. The smallest absolute Gasteiger partial charge is 0.134 e. The second-order valence-corrected chi connectivity index (χ2v) is 3.42. The molecule has 1 N–H and O–H groups in total. The maximum Gasteiger partial charge on any atom is 0.134 e. The van der Waals surface area contributed by atoms with Crippen LogP contribution in [0.25, 0.3) is 0 Å². The number of aliphatic hydroxyl groups is 1. The lowest BCUT2D eigenvalue weighted by Crippen LogP contribution is -2.44. The Morgan fingerprint density at radius 3 is 2.23 bits per heavy atom. The van der Waals surface area contributed by atoms with E-state index in [1.165, 1.54) is 0 Å². The molecule has 0 rings (SSSR count). The first-order valence-corrected chi connectivity index (χ1v) is 5.15. The van der Waals surface area contributed by atoms with Crippen molar-refractivity contribution in [2.24, 2.45) is 0 Å². The minimum Gasteiger partial charge on any atom is -0.392 e. The van der Waals surface area contributed by atoms with Crippen LogP contribution in [0.5, 0.6) is 0 Å². The normalized spacial score (nSPS) is 14.1. The lowest BCUT2D eigenvalue weighted by Gasteiger charge is -2.33. The topological polar surface area (TPSA) is 32.7 Å². The van der Waals surface area contributed by atoms with Gasteiger partial charge in [-0.05, 0) is 27.2 Å². The average Bonchev–Trinajstić information content (AvgIpc) is 2.10. The van der Waals surface area contributed by atoms with Crippen LogP contribution in [-0.2, 0) is 4.74 Å². The molecule has 0 bridgehead atoms. The van der Waals surface area contributed by atoms with E-state index in [9.17, 15) is 0 Å². The van der Waals surface area contributed by atoms with Crippen molar-refractivity contribution in [3.05, 3.63) is 0 Å². The summed E-state index contributed by atoms with van der Waals surface area (Å²) in [6, 6.07) is 0.420. The number of hydrogen-bond donors (Lipinski definition) is 1. The molecule has 0 heterocycles. The monoisotopic (exact) mass is 189 g/mol. The van der Waals surface area contributed by atoms with E-state index in [2.05, 4.69) is 25.7 Å². The molecule has 0 aliphatic heterocycles. The van der Waals surface area contributed by atoms with Crippen LogP contribution >= 0.6 is 0 Å². The second kappa shape index (κ2) is 7.30. The molecule has 0 aliphatic rings. The highest BCUT2D eigenvalue weighted by atomic mass is 16.5. The summed E-state index contributed by atoms with van der Waals surface area (Å²) in [5.41, 5.74) is 0. The lowest BCUT2D eigenvalue weighted by molar-refractivity contribution is -0.0949. The summed E-state index contributed by atoms with van der Waals surface area (Å²) in [4.78, 5) is 2.18. The van der Waals surface area contributed by atoms with E-state index in [0.29, 0.717) is 12.6 Å². The van der Waals surface area contributed by atoms with Crippen LogP contribution in [0.1, 0.15) is 34.1 Å². The fourth-order valence-electron chi connectivity index (χ4n) is 1.44. The molecule has 0 radical (unpaired) electrons. The number of aliphatic hydroxyl groups excluding tert-OH is 1. The van der Waals surface area contributed by atoms with Crippen LogP contribution in [0.2, 0.25) is 0 Å². The largest absolute Gasteiger partial charge is 0.392 e. The maximum atomic E-state index is 9.14. The molecule has 0 saturated carbocycles. The van der Waals surface area contributed by atoms with Gasteiger partial charge in [-0.3, -0.25) is 4.90 Å². The van der Waals surface area contributed by atoms with Gasteiger partial charge >= 0.3 is 0 Å². The molecular weight excluding hydrogens is 166 g/mol. The molecule has 0 amide bonds. The van der Waals surface area contributed by atoms with E-state index in [0.717, 1.165) is 13.0 Å². The molecule has 3 nitrogen and oxygen atoms in total. The van der Waals surface area contributed by atoms with Gasteiger partial charge < -0.3 is 9.84 Å². The van der Waals surface area contributed by atoms with E-state index in [-0.39, 0.29) is 12.8 Å².